The minimum atomic E-state index is -0.0303. The first kappa shape index (κ1) is 18.6. The molecule has 1 aliphatic heterocycles. The van der Waals surface area contributed by atoms with Crippen LogP contribution in [0.15, 0.2) is 78.3 Å². The first-order chi connectivity index (χ1) is 13.6. The number of hydrogen-bond donors (Lipinski definition) is 0. The van der Waals surface area contributed by atoms with Crippen molar-refractivity contribution >= 4 is 11.6 Å². The van der Waals surface area contributed by atoms with E-state index in [0.29, 0.717) is 0 Å². The van der Waals surface area contributed by atoms with E-state index >= 15 is 0 Å². The number of benzene rings is 1. The summed E-state index contributed by atoms with van der Waals surface area (Å²) in [6.07, 6.45) is 10.7. The van der Waals surface area contributed by atoms with Crippen molar-refractivity contribution in [2.45, 2.75) is 19.3 Å². The minimum absolute atomic E-state index is 0.0303. The largest absolute Gasteiger partial charge is 0.309 e. The van der Waals surface area contributed by atoms with Crippen LogP contribution >= 0.6 is 0 Å². The van der Waals surface area contributed by atoms with Gasteiger partial charge in [0, 0.05) is 42.0 Å². The van der Waals surface area contributed by atoms with E-state index in [1.807, 2.05) is 47.6 Å². The number of pyridine rings is 1. The summed E-state index contributed by atoms with van der Waals surface area (Å²) >= 11 is 0. The number of nitrogens with zero attached hydrogens (tertiary/aromatic N) is 3. The standard InChI is InChI=1S/C24H27N3O/c1-26(2)16-13-21-22(17-18-11-14-25-15-12-18)20-9-6-10-23(20)27(24(21)28)19-7-4-3-5-8-19/h3-9,11-12,14-15,21-22H,10,13,16-17H2,1-2H3. The number of anilines is 1. The highest BCUT2D eigenvalue weighted by Crippen LogP contribution is 2.43. The molecule has 0 spiro atoms. The van der Waals surface area contributed by atoms with Gasteiger partial charge in [-0.1, -0.05) is 30.4 Å². The smallest absolute Gasteiger partial charge is 0.235 e. The summed E-state index contributed by atoms with van der Waals surface area (Å²) in [6.45, 7) is 0.901. The number of aromatic nitrogens is 1. The minimum Gasteiger partial charge on any atom is -0.309 e. The van der Waals surface area contributed by atoms with Crippen LogP contribution in [0.3, 0.4) is 0 Å². The van der Waals surface area contributed by atoms with Crippen molar-refractivity contribution in [3.05, 3.63) is 83.8 Å². The zero-order valence-corrected chi connectivity index (χ0v) is 16.6. The second-order valence-electron chi connectivity index (χ2n) is 7.88. The van der Waals surface area contributed by atoms with Gasteiger partial charge in [-0.05, 0) is 68.9 Å². The van der Waals surface area contributed by atoms with Crippen molar-refractivity contribution in [2.24, 2.45) is 11.8 Å². The molecule has 1 aliphatic carbocycles. The van der Waals surface area contributed by atoms with Crippen molar-refractivity contribution in [3.63, 3.8) is 0 Å². The third-order valence-corrected chi connectivity index (χ3v) is 5.74. The third kappa shape index (κ3) is 3.65. The number of carbonyl (C=O) groups excluding carboxylic acids is 1. The molecule has 1 aromatic heterocycles. The number of hydrogen-bond acceptors (Lipinski definition) is 3. The van der Waals surface area contributed by atoms with E-state index in [4.69, 9.17) is 0 Å². The Kier molecular flexibility index (Phi) is 5.40. The molecule has 4 nitrogen and oxygen atoms in total. The fourth-order valence-electron chi connectivity index (χ4n) is 4.36. The molecule has 0 radical (unpaired) electrons. The van der Waals surface area contributed by atoms with Gasteiger partial charge in [-0.15, -0.1) is 0 Å². The van der Waals surface area contributed by atoms with Crippen LogP contribution in [0, 0.1) is 11.8 Å². The number of para-hydroxylation sites is 1. The van der Waals surface area contributed by atoms with Gasteiger partial charge in [-0.2, -0.15) is 0 Å². The van der Waals surface area contributed by atoms with Gasteiger partial charge in [-0.3, -0.25) is 14.7 Å². The predicted octanol–water partition coefficient (Wildman–Crippen LogP) is 4.07. The molecule has 4 rings (SSSR count). The molecule has 2 aromatic rings. The van der Waals surface area contributed by atoms with Crippen molar-refractivity contribution in [1.29, 1.82) is 0 Å². The van der Waals surface area contributed by atoms with E-state index in [9.17, 15) is 4.79 Å². The maximum atomic E-state index is 13.7. The highest BCUT2D eigenvalue weighted by atomic mass is 16.2. The van der Waals surface area contributed by atoms with Gasteiger partial charge in [-0.25, -0.2) is 0 Å². The predicted molar refractivity (Wildman–Crippen MR) is 113 cm³/mol. The number of amides is 1. The summed E-state index contributed by atoms with van der Waals surface area (Å²) in [5.41, 5.74) is 4.68. The lowest BCUT2D eigenvalue weighted by molar-refractivity contribution is -0.124. The molecule has 4 heteroatoms. The Labute approximate surface area is 167 Å². The van der Waals surface area contributed by atoms with Gasteiger partial charge in [0.2, 0.25) is 5.91 Å². The van der Waals surface area contributed by atoms with Crippen LogP contribution < -0.4 is 4.90 Å². The second-order valence-corrected chi connectivity index (χ2v) is 7.88. The normalized spacial score (nSPS) is 21.5. The lowest BCUT2D eigenvalue weighted by atomic mass is 9.76. The molecule has 2 heterocycles. The van der Waals surface area contributed by atoms with Crippen molar-refractivity contribution in [1.82, 2.24) is 9.88 Å². The zero-order chi connectivity index (χ0) is 19.5. The SMILES string of the molecule is CN(C)CCC1C(=O)N(c2ccccc2)C2=C(C=CC2)C1Cc1ccncc1. The van der Waals surface area contributed by atoms with E-state index < -0.39 is 0 Å². The quantitative estimate of drug-likeness (QED) is 0.766. The number of rotatable bonds is 6. The van der Waals surface area contributed by atoms with E-state index in [2.05, 4.69) is 48.3 Å². The van der Waals surface area contributed by atoms with Crippen LogP contribution in [0.4, 0.5) is 5.69 Å². The number of carbonyl (C=O) groups is 1. The molecular formula is C24H27N3O. The monoisotopic (exact) mass is 373 g/mol. The highest BCUT2D eigenvalue weighted by molar-refractivity contribution is 6.00. The van der Waals surface area contributed by atoms with Crippen molar-refractivity contribution in [3.8, 4) is 0 Å². The third-order valence-electron chi connectivity index (χ3n) is 5.74. The second kappa shape index (κ2) is 8.11. The molecule has 2 aliphatic rings. The van der Waals surface area contributed by atoms with Gasteiger partial charge < -0.3 is 4.90 Å². The van der Waals surface area contributed by atoms with Crippen LogP contribution in [-0.2, 0) is 11.2 Å². The maximum Gasteiger partial charge on any atom is 0.235 e. The fourth-order valence-corrected chi connectivity index (χ4v) is 4.36. The van der Waals surface area contributed by atoms with Crippen LogP contribution in [-0.4, -0.2) is 36.4 Å². The van der Waals surface area contributed by atoms with Gasteiger partial charge in [0.25, 0.3) is 0 Å². The Bertz CT molecular complexity index is 887. The summed E-state index contributed by atoms with van der Waals surface area (Å²) in [5.74, 6) is 0.412. The summed E-state index contributed by atoms with van der Waals surface area (Å²) in [6, 6.07) is 14.2. The van der Waals surface area contributed by atoms with Gasteiger partial charge >= 0.3 is 0 Å². The molecule has 0 saturated heterocycles. The Morgan fingerprint density at radius 3 is 2.54 bits per heavy atom. The average Bonchev–Trinajstić information content (AvgIpc) is 3.18. The molecule has 28 heavy (non-hydrogen) atoms. The first-order valence-electron chi connectivity index (χ1n) is 9.97. The van der Waals surface area contributed by atoms with E-state index in [-0.39, 0.29) is 17.7 Å². The topological polar surface area (TPSA) is 36.4 Å². The Morgan fingerprint density at radius 2 is 1.82 bits per heavy atom. The molecule has 2 atom stereocenters. The van der Waals surface area contributed by atoms with Crippen LogP contribution in [0.25, 0.3) is 0 Å². The van der Waals surface area contributed by atoms with Gasteiger partial charge in [0.05, 0.1) is 0 Å². The summed E-state index contributed by atoms with van der Waals surface area (Å²) < 4.78 is 0. The van der Waals surface area contributed by atoms with E-state index in [1.54, 1.807) is 0 Å². The molecule has 0 fully saturated rings. The Balaban J connectivity index is 1.74. The van der Waals surface area contributed by atoms with E-state index in [0.717, 1.165) is 37.2 Å². The fraction of sp³-hybridized carbons (Fsp3) is 0.333. The molecule has 2 unspecified atom stereocenters. The summed E-state index contributed by atoms with van der Waals surface area (Å²) in [4.78, 5) is 22.0. The highest BCUT2D eigenvalue weighted by Gasteiger charge is 2.42. The van der Waals surface area contributed by atoms with Crippen LogP contribution in [0.1, 0.15) is 18.4 Å². The van der Waals surface area contributed by atoms with Crippen LogP contribution in [0.2, 0.25) is 0 Å². The van der Waals surface area contributed by atoms with Gasteiger partial charge in [0.1, 0.15) is 0 Å². The molecule has 144 valence electrons. The van der Waals surface area contributed by atoms with Crippen molar-refractivity contribution in [2.75, 3.05) is 25.5 Å². The molecule has 1 amide bonds. The summed E-state index contributed by atoms with van der Waals surface area (Å²) in [7, 11) is 4.14. The van der Waals surface area contributed by atoms with Crippen molar-refractivity contribution < 1.29 is 4.79 Å². The maximum absolute atomic E-state index is 13.7. The number of allylic oxidation sites excluding steroid dienone is 3. The molecule has 0 N–H and O–H groups in total. The zero-order valence-electron chi connectivity index (χ0n) is 16.6. The molecule has 1 aromatic carbocycles. The Hall–Kier alpha value is -2.72. The molecule has 0 saturated carbocycles. The van der Waals surface area contributed by atoms with Crippen LogP contribution in [0.5, 0.6) is 0 Å². The molecular weight excluding hydrogens is 346 g/mol. The Morgan fingerprint density at radius 1 is 1.07 bits per heavy atom. The van der Waals surface area contributed by atoms with Gasteiger partial charge in [0.15, 0.2) is 0 Å². The van der Waals surface area contributed by atoms with E-state index in [1.165, 1.54) is 11.1 Å². The molecule has 0 bridgehead atoms. The average molecular weight is 374 g/mol. The lowest BCUT2D eigenvalue weighted by Gasteiger charge is -2.40. The first-order valence-corrected chi connectivity index (χ1v) is 9.97. The summed E-state index contributed by atoms with van der Waals surface area (Å²) in [5, 5.41) is 0. The lowest BCUT2D eigenvalue weighted by Crippen LogP contribution is -2.45.